The number of halogens is 2. The van der Waals surface area contributed by atoms with E-state index in [0.29, 0.717) is 12.0 Å². The van der Waals surface area contributed by atoms with Gasteiger partial charge in [-0.1, -0.05) is 0 Å². The summed E-state index contributed by atoms with van der Waals surface area (Å²) in [6.45, 7) is 0. The van der Waals surface area contributed by atoms with Gasteiger partial charge >= 0.3 is 0 Å². The lowest BCUT2D eigenvalue weighted by atomic mass is 10.1. The van der Waals surface area contributed by atoms with E-state index in [2.05, 4.69) is 15.9 Å². The predicted molar refractivity (Wildman–Crippen MR) is 63.8 cm³/mol. The van der Waals surface area contributed by atoms with Gasteiger partial charge in [0.2, 0.25) is 5.22 Å². The molecule has 0 aliphatic carbocycles. The quantitative estimate of drug-likeness (QED) is 0.796. The van der Waals surface area contributed by atoms with Crippen LogP contribution in [0, 0.1) is 0 Å². The summed E-state index contributed by atoms with van der Waals surface area (Å²) in [5.41, 5.74) is 0.446. The van der Waals surface area contributed by atoms with Crippen molar-refractivity contribution in [1.82, 2.24) is 0 Å². The van der Waals surface area contributed by atoms with Gasteiger partial charge in [-0.2, -0.15) is 0 Å². The molecule has 0 bridgehead atoms. The first kappa shape index (κ1) is 10.9. The lowest BCUT2D eigenvalue weighted by Crippen LogP contribution is -2.00. The zero-order chi connectivity index (χ0) is 10.8. The molecule has 2 nitrogen and oxygen atoms in total. The maximum atomic E-state index is 11.8. The van der Waals surface area contributed by atoms with Crippen LogP contribution in [-0.2, 0) is 6.42 Å². The number of rotatable bonds is 3. The summed E-state index contributed by atoms with van der Waals surface area (Å²) in [7, 11) is 0. The molecule has 0 radical (unpaired) electrons. The van der Waals surface area contributed by atoms with E-state index in [1.54, 1.807) is 17.4 Å². The average molecular weight is 306 g/mol. The largest absolute Gasteiger partial charge is 0.452 e. The normalized spacial score (nSPS) is 10.5. The van der Waals surface area contributed by atoms with Gasteiger partial charge in [-0.05, 0) is 45.7 Å². The second-order valence-corrected chi connectivity index (χ2v) is 5.80. The first-order chi connectivity index (χ1) is 7.16. The van der Waals surface area contributed by atoms with E-state index in [-0.39, 0.29) is 11.0 Å². The van der Waals surface area contributed by atoms with Gasteiger partial charge in [0, 0.05) is 11.3 Å². The highest BCUT2D eigenvalue weighted by molar-refractivity contribution is 9.11. The number of hydrogen-bond donors (Lipinski definition) is 0. The third-order valence-corrected chi connectivity index (χ3v) is 3.80. The Balaban J connectivity index is 2.14. The Morgan fingerprint density at radius 1 is 1.47 bits per heavy atom. The van der Waals surface area contributed by atoms with E-state index in [9.17, 15) is 4.79 Å². The lowest BCUT2D eigenvalue weighted by molar-refractivity contribution is 0.0993. The molecule has 5 heteroatoms. The molecule has 0 saturated carbocycles. The van der Waals surface area contributed by atoms with E-state index < -0.39 is 0 Å². The van der Waals surface area contributed by atoms with Crippen molar-refractivity contribution in [2.75, 3.05) is 0 Å². The van der Waals surface area contributed by atoms with Crippen LogP contribution in [0.2, 0.25) is 5.22 Å². The molecule has 0 aliphatic heterocycles. The number of Topliss-reactive ketones (excluding diaryl/α,β-unsaturated/α-hetero) is 1. The van der Waals surface area contributed by atoms with E-state index >= 15 is 0 Å². The van der Waals surface area contributed by atoms with E-state index in [1.807, 2.05) is 12.1 Å². The maximum Gasteiger partial charge on any atom is 0.203 e. The minimum Gasteiger partial charge on any atom is -0.452 e. The zero-order valence-electron chi connectivity index (χ0n) is 7.50. The van der Waals surface area contributed by atoms with Gasteiger partial charge in [0.1, 0.15) is 0 Å². The Kier molecular flexibility index (Phi) is 3.29. The number of carbonyl (C=O) groups excluding carboxylic acids is 1. The van der Waals surface area contributed by atoms with Crippen LogP contribution in [0.5, 0.6) is 0 Å². The van der Waals surface area contributed by atoms with E-state index in [0.717, 1.165) is 8.66 Å². The number of ketones is 1. The summed E-state index contributed by atoms with van der Waals surface area (Å²) in [6.07, 6.45) is 1.77. The van der Waals surface area contributed by atoms with Crippen LogP contribution in [0.3, 0.4) is 0 Å². The highest BCUT2D eigenvalue weighted by Gasteiger charge is 2.14. The molecule has 2 aromatic heterocycles. The highest BCUT2D eigenvalue weighted by Crippen LogP contribution is 2.25. The third kappa shape index (κ3) is 2.51. The smallest absolute Gasteiger partial charge is 0.203 e. The highest BCUT2D eigenvalue weighted by atomic mass is 79.9. The molecule has 2 aromatic rings. The number of furan rings is 1. The van der Waals surface area contributed by atoms with Gasteiger partial charge in [0.25, 0.3) is 0 Å². The second kappa shape index (κ2) is 4.51. The molecule has 0 N–H and O–H groups in total. The second-order valence-electron chi connectivity index (χ2n) is 2.91. The van der Waals surface area contributed by atoms with Crippen molar-refractivity contribution in [2.45, 2.75) is 6.42 Å². The van der Waals surface area contributed by atoms with Crippen molar-refractivity contribution < 1.29 is 9.21 Å². The van der Waals surface area contributed by atoms with Crippen LogP contribution in [0.1, 0.15) is 15.2 Å². The first-order valence-electron chi connectivity index (χ1n) is 4.17. The van der Waals surface area contributed by atoms with Crippen LogP contribution in [0.15, 0.2) is 32.7 Å². The van der Waals surface area contributed by atoms with Crippen molar-refractivity contribution in [3.63, 3.8) is 0 Å². The maximum absolute atomic E-state index is 11.8. The van der Waals surface area contributed by atoms with Crippen molar-refractivity contribution in [1.29, 1.82) is 0 Å². The fraction of sp³-hybridized carbons (Fsp3) is 0.100. The van der Waals surface area contributed by atoms with Crippen LogP contribution in [-0.4, -0.2) is 5.78 Å². The summed E-state index contributed by atoms with van der Waals surface area (Å²) in [5, 5.41) is 0.163. The van der Waals surface area contributed by atoms with Crippen LogP contribution < -0.4 is 0 Å². The molecule has 0 amide bonds. The molecule has 2 rings (SSSR count). The Hall–Kier alpha value is -0.580. The summed E-state index contributed by atoms with van der Waals surface area (Å²) in [6, 6.07) is 5.43. The van der Waals surface area contributed by atoms with Crippen LogP contribution in [0.25, 0.3) is 0 Å². The van der Waals surface area contributed by atoms with Gasteiger partial charge in [-0.25, -0.2) is 0 Å². The molecule has 0 atom stereocenters. The summed E-state index contributed by atoms with van der Waals surface area (Å²) in [5.74, 6) is -0.0249. The van der Waals surface area contributed by atoms with Gasteiger partial charge in [-0.15, -0.1) is 11.3 Å². The van der Waals surface area contributed by atoms with Gasteiger partial charge < -0.3 is 4.42 Å². The van der Waals surface area contributed by atoms with E-state index in [4.69, 9.17) is 16.0 Å². The molecule has 0 aliphatic rings. The van der Waals surface area contributed by atoms with Gasteiger partial charge in [-0.3, -0.25) is 4.79 Å². The average Bonchev–Trinajstić information content (AvgIpc) is 2.75. The fourth-order valence-electron chi connectivity index (χ4n) is 1.19. The number of thiophene rings is 1. The SMILES string of the molecule is O=C(Cc1ccc(Br)s1)c1ccoc1Cl. The molecule has 0 unspecified atom stereocenters. The molecule has 78 valence electrons. The topological polar surface area (TPSA) is 30.2 Å². The van der Waals surface area contributed by atoms with E-state index in [1.165, 1.54) is 6.26 Å². The zero-order valence-corrected chi connectivity index (χ0v) is 10.7. The predicted octanol–water partition coefficient (Wildman–Crippen LogP) is 4.18. The molecule has 0 fully saturated rings. The molecule has 0 spiro atoms. The Morgan fingerprint density at radius 2 is 2.27 bits per heavy atom. The van der Waals surface area contributed by atoms with Crippen molar-refractivity contribution in [3.8, 4) is 0 Å². The fourth-order valence-corrected chi connectivity index (χ4v) is 2.90. The minimum absolute atomic E-state index is 0.0249. The van der Waals surface area contributed by atoms with Crippen molar-refractivity contribution >= 4 is 44.7 Å². The number of hydrogen-bond acceptors (Lipinski definition) is 3. The molecular weight excluding hydrogens is 300 g/mol. The molecule has 0 aromatic carbocycles. The van der Waals surface area contributed by atoms with Gasteiger partial charge in [0.15, 0.2) is 5.78 Å². The minimum atomic E-state index is -0.0249. The van der Waals surface area contributed by atoms with Crippen LogP contribution >= 0.6 is 38.9 Å². The van der Waals surface area contributed by atoms with Crippen LogP contribution in [0.4, 0.5) is 0 Å². The Bertz CT molecular complexity index is 489. The molecular formula is C10H6BrClO2S. The molecule has 2 heterocycles. The Morgan fingerprint density at radius 3 is 2.80 bits per heavy atom. The first-order valence-corrected chi connectivity index (χ1v) is 6.16. The molecule has 0 saturated heterocycles. The Labute approximate surface area is 104 Å². The third-order valence-electron chi connectivity index (χ3n) is 1.88. The number of carbonyl (C=O) groups is 1. The summed E-state index contributed by atoms with van der Waals surface area (Å²) in [4.78, 5) is 12.8. The summed E-state index contributed by atoms with van der Waals surface area (Å²) < 4.78 is 5.88. The van der Waals surface area contributed by atoms with Crippen molar-refractivity contribution in [2.24, 2.45) is 0 Å². The summed E-state index contributed by atoms with van der Waals surface area (Å²) >= 11 is 10.6. The van der Waals surface area contributed by atoms with Crippen molar-refractivity contribution in [3.05, 3.63) is 43.9 Å². The lowest BCUT2D eigenvalue weighted by Gasteiger charge is -1.94. The molecule has 15 heavy (non-hydrogen) atoms. The standard InChI is InChI=1S/C10H6BrClO2S/c11-9-2-1-6(15-9)5-8(13)7-3-4-14-10(7)12/h1-4H,5H2. The van der Waals surface area contributed by atoms with Gasteiger partial charge in [0.05, 0.1) is 15.6 Å². The monoisotopic (exact) mass is 304 g/mol.